The van der Waals surface area contributed by atoms with Crippen molar-refractivity contribution in [2.24, 2.45) is 5.73 Å². The highest BCUT2D eigenvalue weighted by atomic mass is 32.1. The van der Waals surface area contributed by atoms with Gasteiger partial charge in [0.15, 0.2) is 5.13 Å². The summed E-state index contributed by atoms with van der Waals surface area (Å²) < 4.78 is 5.55. The molecule has 0 spiro atoms. The van der Waals surface area contributed by atoms with E-state index >= 15 is 0 Å². The van der Waals surface area contributed by atoms with Crippen LogP contribution in [-0.4, -0.2) is 40.8 Å². The maximum atomic E-state index is 12.6. The standard InChI is InChI=1S/C20H19N5O4S/c21-19(28)13-9-12(10-22-13)14-11-30-20(23-14)24-17(26)5-6-18(27)25-7-8-29-16-4-2-1-3-15(16)25/h1-4,9-11,22H,5-8H2,(H2,21,28)(H,23,24,26). The largest absolute Gasteiger partial charge is 0.490 e. The van der Waals surface area contributed by atoms with Crippen LogP contribution < -0.4 is 20.7 Å². The van der Waals surface area contributed by atoms with Crippen LogP contribution in [0.3, 0.4) is 0 Å². The summed E-state index contributed by atoms with van der Waals surface area (Å²) in [7, 11) is 0. The van der Waals surface area contributed by atoms with Crippen LogP contribution in [-0.2, 0) is 9.59 Å². The van der Waals surface area contributed by atoms with Crippen LogP contribution in [0.15, 0.2) is 41.9 Å². The number of carbonyl (C=O) groups excluding carboxylic acids is 3. The highest BCUT2D eigenvalue weighted by molar-refractivity contribution is 7.14. The zero-order valence-electron chi connectivity index (χ0n) is 15.9. The van der Waals surface area contributed by atoms with E-state index in [1.54, 1.807) is 22.5 Å². The lowest BCUT2D eigenvalue weighted by Gasteiger charge is -2.29. The fourth-order valence-electron chi connectivity index (χ4n) is 3.11. The molecule has 0 unspecified atom stereocenters. The van der Waals surface area contributed by atoms with Crippen LogP contribution in [0.1, 0.15) is 23.3 Å². The van der Waals surface area contributed by atoms with E-state index in [1.165, 1.54) is 11.3 Å². The summed E-state index contributed by atoms with van der Waals surface area (Å²) in [4.78, 5) is 44.8. The fraction of sp³-hybridized carbons (Fsp3) is 0.200. The average molecular weight is 425 g/mol. The first-order chi connectivity index (χ1) is 14.5. The first-order valence-electron chi connectivity index (χ1n) is 9.27. The summed E-state index contributed by atoms with van der Waals surface area (Å²) in [6.07, 6.45) is 1.75. The number of aromatic nitrogens is 2. The number of hydrogen-bond donors (Lipinski definition) is 3. The van der Waals surface area contributed by atoms with E-state index < -0.39 is 5.91 Å². The van der Waals surface area contributed by atoms with Crippen LogP contribution >= 0.6 is 11.3 Å². The third-order valence-electron chi connectivity index (χ3n) is 4.59. The number of carbonyl (C=O) groups is 3. The number of nitrogens with one attached hydrogen (secondary N) is 2. The third kappa shape index (κ3) is 4.18. The number of para-hydroxylation sites is 2. The van der Waals surface area contributed by atoms with Gasteiger partial charge < -0.3 is 25.7 Å². The number of H-pyrrole nitrogens is 1. The van der Waals surface area contributed by atoms with E-state index in [0.29, 0.717) is 35.3 Å². The molecule has 3 aromatic rings. The quantitative estimate of drug-likeness (QED) is 0.558. The van der Waals surface area contributed by atoms with E-state index in [9.17, 15) is 14.4 Å². The van der Waals surface area contributed by atoms with Crippen LogP contribution in [0.2, 0.25) is 0 Å². The van der Waals surface area contributed by atoms with Crippen molar-refractivity contribution in [2.75, 3.05) is 23.4 Å². The van der Waals surface area contributed by atoms with Gasteiger partial charge in [0.1, 0.15) is 18.1 Å². The number of fused-ring (bicyclic) bond motifs is 1. The van der Waals surface area contributed by atoms with Crippen LogP contribution in [0.25, 0.3) is 11.3 Å². The molecule has 30 heavy (non-hydrogen) atoms. The van der Waals surface area contributed by atoms with E-state index in [0.717, 1.165) is 5.69 Å². The van der Waals surface area contributed by atoms with Crippen molar-refractivity contribution in [3.63, 3.8) is 0 Å². The van der Waals surface area contributed by atoms with Gasteiger partial charge in [0, 0.05) is 30.0 Å². The molecule has 1 aromatic carbocycles. The summed E-state index contributed by atoms with van der Waals surface area (Å²) in [5.74, 6) is -0.316. The first kappa shape index (κ1) is 19.6. The summed E-state index contributed by atoms with van der Waals surface area (Å²) in [5.41, 5.74) is 7.55. The summed E-state index contributed by atoms with van der Waals surface area (Å²) >= 11 is 1.26. The topological polar surface area (TPSA) is 130 Å². The van der Waals surface area contributed by atoms with Gasteiger partial charge in [-0.1, -0.05) is 12.1 Å². The van der Waals surface area contributed by atoms with Crippen molar-refractivity contribution in [3.05, 3.63) is 47.6 Å². The van der Waals surface area contributed by atoms with Gasteiger partial charge in [-0.15, -0.1) is 11.3 Å². The van der Waals surface area contributed by atoms with Crippen LogP contribution in [0.5, 0.6) is 5.75 Å². The smallest absolute Gasteiger partial charge is 0.265 e. The van der Waals surface area contributed by atoms with Gasteiger partial charge in [-0.3, -0.25) is 14.4 Å². The van der Waals surface area contributed by atoms with Crippen molar-refractivity contribution in [1.82, 2.24) is 9.97 Å². The molecule has 0 saturated heterocycles. The SMILES string of the molecule is NC(=O)c1cc(-c2csc(NC(=O)CCC(=O)N3CCOc4ccccc43)n2)c[nH]1. The highest BCUT2D eigenvalue weighted by Crippen LogP contribution is 2.31. The number of amides is 3. The predicted octanol–water partition coefficient (Wildman–Crippen LogP) is 2.38. The Morgan fingerprint density at radius 3 is 2.90 bits per heavy atom. The molecule has 1 aliphatic heterocycles. The number of benzene rings is 1. The zero-order valence-corrected chi connectivity index (χ0v) is 16.7. The van der Waals surface area contributed by atoms with Crippen molar-refractivity contribution in [2.45, 2.75) is 12.8 Å². The second-order valence-corrected chi connectivity index (χ2v) is 7.47. The van der Waals surface area contributed by atoms with Crippen molar-refractivity contribution in [3.8, 4) is 17.0 Å². The average Bonchev–Trinajstić information content (AvgIpc) is 3.41. The van der Waals surface area contributed by atoms with E-state index in [2.05, 4.69) is 15.3 Å². The minimum Gasteiger partial charge on any atom is -0.490 e. The molecule has 0 radical (unpaired) electrons. The first-order valence-corrected chi connectivity index (χ1v) is 10.2. The molecule has 3 heterocycles. The molecule has 4 rings (SSSR count). The molecule has 0 atom stereocenters. The summed E-state index contributed by atoms with van der Waals surface area (Å²) in [6.45, 7) is 0.880. The summed E-state index contributed by atoms with van der Waals surface area (Å²) in [6, 6.07) is 8.94. The second-order valence-electron chi connectivity index (χ2n) is 6.61. The van der Waals surface area contributed by atoms with Gasteiger partial charge in [-0.05, 0) is 18.2 Å². The lowest BCUT2D eigenvalue weighted by atomic mass is 10.2. The van der Waals surface area contributed by atoms with Gasteiger partial charge in [0.25, 0.3) is 5.91 Å². The van der Waals surface area contributed by atoms with Crippen molar-refractivity contribution in [1.29, 1.82) is 0 Å². The molecular formula is C20H19N5O4S. The van der Waals surface area contributed by atoms with Crippen molar-refractivity contribution < 1.29 is 19.1 Å². The zero-order chi connectivity index (χ0) is 21.1. The molecular weight excluding hydrogens is 406 g/mol. The molecule has 0 saturated carbocycles. The molecule has 2 aromatic heterocycles. The molecule has 154 valence electrons. The number of nitrogens with two attached hydrogens (primary N) is 1. The lowest BCUT2D eigenvalue weighted by Crippen LogP contribution is -2.38. The number of ether oxygens (including phenoxy) is 1. The number of nitrogens with zero attached hydrogens (tertiary/aromatic N) is 2. The number of thiazole rings is 1. The molecule has 0 bridgehead atoms. The monoisotopic (exact) mass is 425 g/mol. The normalized spacial score (nSPS) is 12.7. The van der Waals surface area contributed by atoms with Crippen LogP contribution in [0, 0.1) is 0 Å². The Kier molecular flexibility index (Phi) is 5.48. The third-order valence-corrected chi connectivity index (χ3v) is 5.35. The highest BCUT2D eigenvalue weighted by Gasteiger charge is 2.23. The number of hydrogen-bond acceptors (Lipinski definition) is 6. The molecule has 10 heteroatoms. The predicted molar refractivity (Wildman–Crippen MR) is 113 cm³/mol. The number of primary amides is 1. The Labute approximate surface area is 175 Å². The minimum absolute atomic E-state index is 0.0449. The minimum atomic E-state index is -0.558. The molecule has 3 amide bonds. The van der Waals surface area contributed by atoms with Gasteiger partial charge in [0.2, 0.25) is 11.8 Å². The second kappa shape index (κ2) is 8.37. The number of rotatable bonds is 6. The molecule has 4 N–H and O–H groups in total. The molecule has 0 fully saturated rings. The fourth-order valence-corrected chi connectivity index (χ4v) is 3.85. The lowest BCUT2D eigenvalue weighted by molar-refractivity contribution is -0.122. The molecule has 1 aliphatic rings. The van der Waals surface area contributed by atoms with Gasteiger partial charge >= 0.3 is 0 Å². The number of anilines is 2. The summed E-state index contributed by atoms with van der Waals surface area (Å²) in [5, 5.41) is 4.89. The van der Waals surface area contributed by atoms with Crippen molar-refractivity contribution >= 4 is 39.9 Å². The van der Waals surface area contributed by atoms with E-state index in [4.69, 9.17) is 10.5 Å². The maximum Gasteiger partial charge on any atom is 0.265 e. The Morgan fingerprint density at radius 2 is 2.10 bits per heavy atom. The van der Waals surface area contributed by atoms with Gasteiger partial charge in [-0.2, -0.15) is 0 Å². The Morgan fingerprint density at radius 1 is 1.27 bits per heavy atom. The molecule has 0 aliphatic carbocycles. The van der Waals surface area contributed by atoms with E-state index in [1.807, 2.05) is 24.3 Å². The Bertz CT molecular complexity index is 1110. The number of aromatic amines is 1. The molecule has 9 nitrogen and oxygen atoms in total. The Hall–Kier alpha value is -3.66. The maximum absolute atomic E-state index is 12.6. The Balaban J connectivity index is 1.33. The van der Waals surface area contributed by atoms with Crippen LogP contribution in [0.4, 0.5) is 10.8 Å². The van der Waals surface area contributed by atoms with Gasteiger partial charge in [-0.25, -0.2) is 4.98 Å². The van der Waals surface area contributed by atoms with E-state index in [-0.39, 0.29) is 30.3 Å². The van der Waals surface area contributed by atoms with Gasteiger partial charge in [0.05, 0.1) is 17.9 Å².